The van der Waals surface area contributed by atoms with Gasteiger partial charge in [0.2, 0.25) is 5.91 Å². The Morgan fingerprint density at radius 2 is 1.84 bits per heavy atom. The van der Waals surface area contributed by atoms with E-state index in [1.807, 2.05) is 42.5 Å². The van der Waals surface area contributed by atoms with Gasteiger partial charge in [0.15, 0.2) is 0 Å². The van der Waals surface area contributed by atoms with Crippen LogP contribution >= 0.6 is 15.9 Å². The minimum absolute atomic E-state index is 0.120. The maximum Gasteiger partial charge on any atom is 0.267 e. The molecule has 160 valence electrons. The van der Waals surface area contributed by atoms with Crippen molar-refractivity contribution in [2.75, 3.05) is 19.8 Å². The first-order valence-corrected chi connectivity index (χ1v) is 11.1. The van der Waals surface area contributed by atoms with Gasteiger partial charge in [-0.1, -0.05) is 58.4 Å². The molecule has 0 saturated carbocycles. The number of carbonyl (C=O) groups excluding carboxylic acids is 1. The van der Waals surface area contributed by atoms with Gasteiger partial charge in [-0.25, -0.2) is 4.68 Å². The molecule has 7 heteroatoms. The van der Waals surface area contributed by atoms with Gasteiger partial charge in [0.05, 0.1) is 5.69 Å². The van der Waals surface area contributed by atoms with Crippen molar-refractivity contribution in [2.45, 2.75) is 24.8 Å². The highest BCUT2D eigenvalue weighted by atomic mass is 79.9. The summed E-state index contributed by atoms with van der Waals surface area (Å²) in [6.07, 6.45) is 1.65. The van der Waals surface area contributed by atoms with Gasteiger partial charge >= 0.3 is 0 Å². The molecule has 1 amide bonds. The fourth-order valence-corrected chi connectivity index (χ4v) is 4.33. The van der Waals surface area contributed by atoms with Crippen LogP contribution < -0.4 is 10.9 Å². The van der Waals surface area contributed by atoms with Crippen LogP contribution in [0.3, 0.4) is 0 Å². The molecule has 1 aliphatic heterocycles. The van der Waals surface area contributed by atoms with E-state index in [-0.39, 0.29) is 23.4 Å². The highest BCUT2D eigenvalue weighted by molar-refractivity contribution is 9.10. The highest BCUT2D eigenvalue weighted by Crippen LogP contribution is 2.35. The van der Waals surface area contributed by atoms with E-state index in [2.05, 4.69) is 38.5 Å². The van der Waals surface area contributed by atoms with Crippen LogP contribution in [0, 0.1) is 0 Å². The molecule has 0 atom stereocenters. The van der Waals surface area contributed by atoms with E-state index in [4.69, 9.17) is 4.74 Å². The molecule has 31 heavy (non-hydrogen) atoms. The zero-order valence-corrected chi connectivity index (χ0v) is 18.7. The Morgan fingerprint density at radius 3 is 2.58 bits per heavy atom. The van der Waals surface area contributed by atoms with E-state index in [0.717, 1.165) is 22.9 Å². The second-order valence-electron chi connectivity index (χ2n) is 7.76. The van der Waals surface area contributed by atoms with E-state index in [1.165, 1.54) is 16.3 Å². The third-order valence-electron chi connectivity index (χ3n) is 5.74. The molecule has 1 N–H and O–H groups in total. The average molecular weight is 482 g/mol. The molecule has 1 aromatic heterocycles. The van der Waals surface area contributed by atoms with Crippen molar-refractivity contribution in [2.24, 2.45) is 0 Å². The highest BCUT2D eigenvalue weighted by Gasteiger charge is 2.35. The Kier molecular flexibility index (Phi) is 6.63. The summed E-state index contributed by atoms with van der Waals surface area (Å²) < 4.78 is 7.80. The molecule has 1 fully saturated rings. The Labute approximate surface area is 189 Å². The van der Waals surface area contributed by atoms with Crippen molar-refractivity contribution in [3.8, 4) is 11.3 Å². The van der Waals surface area contributed by atoms with Crippen molar-refractivity contribution in [3.05, 3.63) is 87.1 Å². The van der Waals surface area contributed by atoms with Crippen molar-refractivity contribution in [1.82, 2.24) is 15.1 Å². The fourth-order valence-electron chi connectivity index (χ4n) is 3.93. The van der Waals surface area contributed by atoms with Crippen LogP contribution in [-0.4, -0.2) is 35.4 Å². The number of hydrogen-bond donors (Lipinski definition) is 1. The van der Waals surface area contributed by atoms with Gasteiger partial charge in [0, 0.05) is 41.3 Å². The molecule has 1 saturated heterocycles. The number of amides is 1. The Hall–Kier alpha value is -2.77. The zero-order valence-electron chi connectivity index (χ0n) is 17.1. The van der Waals surface area contributed by atoms with E-state index in [9.17, 15) is 9.59 Å². The van der Waals surface area contributed by atoms with Crippen LogP contribution in [0.4, 0.5) is 0 Å². The SMILES string of the molecule is O=C(Cn1nc(-c2ccccc2)ccc1=O)NCC1(c2cccc(Br)c2)CCOCC1. The van der Waals surface area contributed by atoms with Gasteiger partial charge in [-0.15, -0.1) is 0 Å². The number of rotatable bonds is 6. The molecule has 1 aliphatic rings. The van der Waals surface area contributed by atoms with Crippen molar-refractivity contribution >= 4 is 21.8 Å². The molecular weight excluding hydrogens is 458 g/mol. The van der Waals surface area contributed by atoms with Crippen LogP contribution in [0.15, 0.2) is 76.0 Å². The lowest BCUT2D eigenvalue weighted by atomic mass is 9.74. The Balaban J connectivity index is 1.49. The van der Waals surface area contributed by atoms with E-state index < -0.39 is 0 Å². The minimum Gasteiger partial charge on any atom is -0.381 e. The van der Waals surface area contributed by atoms with Crippen molar-refractivity contribution < 1.29 is 9.53 Å². The number of aromatic nitrogens is 2. The molecule has 0 radical (unpaired) electrons. The largest absolute Gasteiger partial charge is 0.381 e. The first kappa shape index (κ1) is 21.5. The number of halogens is 1. The van der Waals surface area contributed by atoms with E-state index >= 15 is 0 Å². The number of hydrogen-bond acceptors (Lipinski definition) is 4. The van der Waals surface area contributed by atoms with Crippen molar-refractivity contribution in [1.29, 1.82) is 0 Å². The lowest BCUT2D eigenvalue weighted by molar-refractivity contribution is -0.122. The van der Waals surface area contributed by atoms with Crippen LogP contribution in [0.2, 0.25) is 0 Å². The number of benzene rings is 2. The smallest absolute Gasteiger partial charge is 0.267 e. The van der Waals surface area contributed by atoms with Gasteiger partial charge in [-0.05, 0) is 36.6 Å². The van der Waals surface area contributed by atoms with Crippen LogP contribution in [0.5, 0.6) is 0 Å². The molecule has 0 spiro atoms. The van der Waals surface area contributed by atoms with Gasteiger partial charge in [0.25, 0.3) is 5.56 Å². The summed E-state index contributed by atoms with van der Waals surface area (Å²) in [7, 11) is 0. The summed E-state index contributed by atoms with van der Waals surface area (Å²) >= 11 is 3.55. The molecule has 2 heterocycles. The molecule has 6 nitrogen and oxygen atoms in total. The maximum absolute atomic E-state index is 12.7. The summed E-state index contributed by atoms with van der Waals surface area (Å²) in [4.78, 5) is 25.0. The predicted molar refractivity (Wildman–Crippen MR) is 123 cm³/mol. The summed E-state index contributed by atoms with van der Waals surface area (Å²) in [5.74, 6) is -0.235. The van der Waals surface area contributed by atoms with Crippen molar-refractivity contribution in [3.63, 3.8) is 0 Å². The second-order valence-corrected chi connectivity index (χ2v) is 8.68. The Bertz CT molecular complexity index is 1110. The topological polar surface area (TPSA) is 73.2 Å². The monoisotopic (exact) mass is 481 g/mol. The summed E-state index contributed by atoms with van der Waals surface area (Å²) in [5, 5.41) is 7.42. The molecule has 3 aromatic rings. The molecule has 2 aromatic carbocycles. The third kappa shape index (κ3) is 5.11. The lowest BCUT2D eigenvalue weighted by Gasteiger charge is -2.38. The zero-order chi connectivity index (χ0) is 21.7. The van der Waals surface area contributed by atoms with E-state index in [0.29, 0.717) is 25.5 Å². The number of nitrogens with one attached hydrogen (secondary N) is 1. The van der Waals surface area contributed by atoms with Gasteiger partial charge in [0.1, 0.15) is 6.54 Å². The third-order valence-corrected chi connectivity index (χ3v) is 6.23. The lowest BCUT2D eigenvalue weighted by Crippen LogP contribution is -2.46. The number of ether oxygens (including phenoxy) is 1. The second kappa shape index (κ2) is 9.58. The molecule has 0 aliphatic carbocycles. The van der Waals surface area contributed by atoms with Gasteiger partial charge < -0.3 is 10.1 Å². The summed E-state index contributed by atoms with van der Waals surface area (Å²) in [6, 6.07) is 20.9. The molecular formula is C24H24BrN3O3. The summed E-state index contributed by atoms with van der Waals surface area (Å²) in [6.45, 7) is 1.67. The van der Waals surface area contributed by atoms with Crippen LogP contribution in [-0.2, 0) is 21.5 Å². The van der Waals surface area contributed by atoms with Crippen LogP contribution in [0.1, 0.15) is 18.4 Å². The minimum atomic E-state index is -0.303. The first-order chi connectivity index (χ1) is 15.1. The number of nitrogens with zero attached hydrogens (tertiary/aromatic N) is 2. The normalized spacial score (nSPS) is 15.4. The maximum atomic E-state index is 12.7. The Morgan fingerprint density at radius 1 is 1.06 bits per heavy atom. The standard InChI is InChI=1S/C24H24BrN3O3/c25-20-8-4-7-19(15-20)24(11-13-31-14-12-24)17-26-22(29)16-28-23(30)10-9-21(27-28)18-5-2-1-3-6-18/h1-10,15H,11-14,16-17H2,(H,26,29). The predicted octanol–water partition coefficient (Wildman–Crippen LogP) is 3.54. The molecule has 4 rings (SSSR count). The van der Waals surface area contributed by atoms with E-state index in [1.54, 1.807) is 6.07 Å². The first-order valence-electron chi connectivity index (χ1n) is 10.3. The average Bonchev–Trinajstić information content (AvgIpc) is 2.80. The molecule has 0 unspecified atom stereocenters. The van der Waals surface area contributed by atoms with Gasteiger partial charge in [-0.3, -0.25) is 9.59 Å². The van der Waals surface area contributed by atoms with Crippen LogP contribution in [0.25, 0.3) is 11.3 Å². The fraction of sp³-hybridized carbons (Fsp3) is 0.292. The summed E-state index contributed by atoms with van der Waals surface area (Å²) in [5.41, 5.74) is 2.23. The van der Waals surface area contributed by atoms with Gasteiger partial charge in [-0.2, -0.15) is 5.10 Å². The molecule has 0 bridgehead atoms. The quantitative estimate of drug-likeness (QED) is 0.584. The number of carbonyl (C=O) groups is 1.